The summed E-state index contributed by atoms with van der Waals surface area (Å²) in [6, 6.07) is 12.4. The average molecular weight is 736 g/mol. The molecule has 4 fully saturated rings. The fourth-order valence-electron chi connectivity index (χ4n) is 8.98. The maximum Gasteiger partial charge on any atom is 0.410 e. The number of carbonyl (C=O) groups excluding carboxylic acids is 1. The third-order valence-corrected chi connectivity index (χ3v) is 11.8. The smallest absolute Gasteiger partial charge is 0.410 e. The van der Waals surface area contributed by atoms with Gasteiger partial charge in [0.15, 0.2) is 5.43 Å². The van der Waals surface area contributed by atoms with Gasteiger partial charge in [0.1, 0.15) is 11.4 Å². The molecule has 3 aromatic heterocycles. The van der Waals surface area contributed by atoms with Gasteiger partial charge >= 0.3 is 6.09 Å². The zero-order valence-electron chi connectivity index (χ0n) is 32.4. The van der Waals surface area contributed by atoms with Gasteiger partial charge in [-0.3, -0.25) is 19.7 Å². The van der Waals surface area contributed by atoms with Gasteiger partial charge in [-0.25, -0.2) is 9.18 Å². The summed E-state index contributed by atoms with van der Waals surface area (Å²) in [5.74, 6) is -0.124. The van der Waals surface area contributed by atoms with Crippen LogP contribution in [0.5, 0.6) is 0 Å². The number of aryl methyl sites for hydroxylation is 2. The second-order valence-corrected chi connectivity index (χ2v) is 17.1. The number of halogens is 1. The Hall–Kier alpha value is -4.51. The van der Waals surface area contributed by atoms with Crippen molar-refractivity contribution in [3.05, 3.63) is 93.5 Å². The van der Waals surface area contributed by atoms with Crippen molar-refractivity contribution >= 4 is 28.4 Å². The van der Waals surface area contributed by atoms with Crippen molar-refractivity contribution < 1.29 is 13.9 Å². The maximum atomic E-state index is 16.3. The van der Waals surface area contributed by atoms with Crippen LogP contribution in [-0.4, -0.2) is 80.8 Å². The second-order valence-electron chi connectivity index (χ2n) is 17.1. The monoisotopic (exact) mass is 735 g/mol. The lowest BCUT2D eigenvalue weighted by Crippen LogP contribution is -2.49. The number of amides is 1. The molecule has 6 heterocycles. The number of nitrogens with zero attached hydrogens (tertiary/aromatic N) is 7. The quantitative estimate of drug-likeness (QED) is 0.185. The number of benzene rings is 1. The van der Waals surface area contributed by atoms with E-state index >= 15 is 4.39 Å². The van der Waals surface area contributed by atoms with Gasteiger partial charge in [-0.15, -0.1) is 0 Å². The molecule has 2 unspecified atom stereocenters. The third kappa shape index (κ3) is 7.70. The molecule has 54 heavy (non-hydrogen) atoms. The van der Waals surface area contributed by atoms with Crippen LogP contribution in [0.2, 0.25) is 0 Å². The predicted octanol–water partition coefficient (Wildman–Crippen LogP) is 7.39. The topological polar surface area (TPSA) is 87.0 Å². The van der Waals surface area contributed by atoms with E-state index in [9.17, 15) is 9.59 Å². The summed E-state index contributed by atoms with van der Waals surface area (Å²) >= 11 is 0. The number of fused-ring (bicyclic) bond motifs is 2. The minimum atomic E-state index is -0.547. The number of aromatic nitrogens is 3. The largest absolute Gasteiger partial charge is 0.444 e. The number of rotatable bonds is 8. The van der Waals surface area contributed by atoms with Crippen molar-refractivity contribution in [2.45, 2.75) is 110 Å². The SMILES string of the molecule is Cc1ccc(N2CCC[C@H](N(Cc3ccnc(C)c3)Cc3cn(C4CC4)c4cc(N5CCC6C(CCN6C(=O)OC(C)(C)C)C5)c(F)cc4c3=O)C2)cn1. The number of ether oxygens (including phenoxy) is 1. The summed E-state index contributed by atoms with van der Waals surface area (Å²) in [4.78, 5) is 45.3. The van der Waals surface area contributed by atoms with Crippen LogP contribution in [0.1, 0.15) is 87.9 Å². The first-order valence-corrected chi connectivity index (χ1v) is 19.9. The molecule has 1 aromatic carbocycles. The van der Waals surface area contributed by atoms with Crippen LogP contribution in [0.3, 0.4) is 0 Å². The minimum absolute atomic E-state index is 0.0932. The molecular weight excluding hydrogens is 682 g/mol. The molecule has 3 atom stereocenters. The fraction of sp³-hybridized carbons (Fsp3) is 0.535. The Kier molecular flexibility index (Phi) is 9.87. The average Bonchev–Trinajstić information content (AvgIpc) is 3.90. The molecule has 11 heteroatoms. The molecule has 3 saturated heterocycles. The van der Waals surface area contributed by atoms with E-state index in [4.69, 9.17) is 4.74 Å². The predicted molar refractivity (Wildman–Crippen MR) is 211 cm³/mol. The van der Waals surface area contributed by atoms with Crippen LogP contribution in [0, 0.1) is 25.6 Å². The lowest BCUT2D eigenvalue weighted by atomic mass is 9.92. The fourth-order valence-corrected chi connectivity index (χ4v) is 8.98. The lowest BCUT2D eigenvalue weighted by Gasteiger charge is -2.40. The highest BCUT2D eigenvalue weighted by Crippen LogP contribution is 2.40. The molecule has 0 radical (unpaired) electrons. The van der Waals surface area contributed by atoms with Crippen molar-refractivity contribution in [1.82, 2.24) is 24.3 Å². The van der Waals surface area contributed by atoms with Crippen molar-refractivity contribution in [3.8, 4) is 0 Å². The van der Waals surface area contributed by atoms with Gasteiger partial charge in [0.2, 0.25) is 0 Å². The van der Waals surface area contributed by atoms with E-state index in [2.05, 4.69) is 59.7 Å². The number of piperidine rings is 2. The minimum Gasteiger partial charge on any atom is -0.444 e. The van der Waals surface area contributed by atoms with Crippen molar-refractivity contribution in [2.75, 3.05) is 42.5 Å². The van der Waals surface area contributed by atoms with Crippen LogP contribution >= 0.6 is 0 Å². The van der Waals surface area contributed by atoms with Crippen LogP contribution in [0.4, 0.5) is 20.6 Å². The standard InChI is InChI=1S/C43H54FN7O3/c1-28-8-9-34(22-46-28)47-16-6-7-35(27-47)49(23-30-12-15-45-29(2)19-30)25-32-26-51(33-10-11-33)39-21-40(37(44)20-36(39)41(32)52)48-17-14-38-31(24-48)13-18-50(38)42(53)54-43(3,4)5/h8-9,12,15,19-22,26,31,33,35,38H,6-7,10-11,13-14,16-18,23-25,27H2,1-5H3/t31?,35-,38?/m0/s1. The number of likely N-dealkylation sites (tertiary alicyclic amines) is 1. The summed E-state index contributed by atoms with van der Waals surface area (Å²) < 4.78 is 24.3. The summed E-state index contributed by atoms with van der Waals surface area (Å²) in [6.07, 6.45) is 11.4. The molecule has 10 nitrogen and oxygen atoms in total. The van der Waals surface area contributed by atoms with E-state index in [0.717, 1.165) is 79.8 Å². The Morgan fingerprint density at radius 2 is 1.76 bits per heavy atom. The number of carbonyl (C=O) groups is 1. The van der Waals surface area contributed by atoms with Crippen molar-refractivity contribution in [3.63, 3.8) is 0 Å². The molecular formula is C43H54FN7O3. The molecule has 0 bridgehead atoms. The third-order valence-electron chi connectivity index (χ3n) is 11.8. The highest BCUT2D eigenvalue weighted by atomic mass is 19.1. The Labute approximate surface area is 317 Å². The van der Waals surface area contributed by atoms with E-state index in [1.54, 1.807) is 0 Å². The first-order valence-electron chi connectivity index (χ1n) is 19.9. The summed E-state index contributed by atoms with van der Waals surface area (Å²) in [5.41, 5.74) is 5.66. The molecule has 0 N–H and O–H groups in total. The number of hydrogen-bond acceptors (Lipinski definition) is 8. The summed E-state index contributed by atoms with van der Waals surface area (Å²) in [5, 5.41) is 0.447. The summed E-state index contributed by atoms with van der Waals surface area (Å²) in [6.45, 7) is 14.6. The molecule has 0 spiro atoms. The molecule has 8 rings (SSSR count). The van der Waals surface area contributed by atoms with Crippen molar-refractivity contribution in [1.29, 1.82) is 0 Å². The van der Waals surface area contributed by atoms with Crippen LogP contribution in [0.15, 0.2) is 59.8 Å². The molecule has 3 aliphatic heterocycles. The Bertz CT molecular complexity index is 2070. The van der Waals surface area contributed by atoms with Gasteiger partial charge in [0.05, 0.1) is 23.1 Å². The van der Waals surface area contributed by atoms with Crippen molar-refractivity contribution in [2.24, 2.45) is 5.92 Å². The first-order chi connectivity index (χ1) is 25.9. The Morgan fingerprint density at radius 1 is 0.926 bits per heavy atom. The molecule has 4 aromatic rings. The zero-order chi connectivity index (χ0) is 37.7. The Balaban J connectivity index is 1.08. The molecule has 1 amide bonds. The van der Waals surface area contributed by atoms with Gasteiger partial charge < -0.3 is 24.0 Å². The van der Waals surface area contributed by atoms with Gasteiger partial charge in [-0.1, -0.05) is 0 Å². The van der Waals surface area contributed by atoms with E-state index in [1.165, 1.54) is 6.07 Å². The first kappa shape index (κ1) is 36.5. The van der Waals surface area contributed by atoms with Crippen LogP contribution < -0.4 is 15.2 Å². The molecule has 4 aliphatic rings. The summed E-state index contributed by atoms with van der Waals surface area (Å²) in [7, 11) is 0. The Morgan fingerprint density at radius 3 is 2.50 bits per heavy atom. The molecule has 1 saturated carbocycles. The lowest BCUT2D eigenvalue weighted by molar-refractivity contribution is 0.0194. The number of anilines is 2. The zero-order valence-corrected chi connectivity index (χ0v) is 32.4. The maximum absolute atomic E-state index is 16.3. The number of hydrogen-bond donors (Lipinski definition) is 0. The van der Waals surface area contributed by atoms with E-state index in [1.807, 2.05) is 58.0 Å². The van der Waals surface area contributed by atoms with Gasteiger partial charge in [0, 0.05) is 98.7 Å². The second kappa shape index (κ2) is 14.6. The number of pyridine rings is 3. The van der Waals surface area contributed by atoms with E-state index in [0.29, 0.717) is 55.4 Å². The molecule has 286 valence electrons. The normalized spacial score (nSPS) is 21.9. The highest BCUT2D eigenvalue weighted by molar-refractivity contribution is 5.84. The van der Waals surface area contributed by atoms with Crippen LogP contribution in [0.25, 0.3) is 10.9 Å². The highest BCUT2D eigenvalue weighted by Gasteiger charge is 2.42. The van der Waals surface area contributed by atoms with E-state index in [-0.39, 0.29) is 35.3 Å². The van der Waals surface area contributed by atoms with Gasteiger partial charge in [-0.05, 0) is 121 Å². The van der Waals surface area contributed by atoms with Gasteiger partial charge in [-0.2, -0.15) is 0 Å². The van der Waals surface area contributed by atoms with Gasteiger partial charge in [0.25, 0.3) is 0 Å². The van der Waals surface area contributed by atoms with E-state index < -0.39 is 5.60 Å². The van der Waals surface area contributed by atoms with Crippen LogP contribution in [-0.2, 0) is 17.8 Å². The molecule has 1 aliphatic carbocycles.